The van der Waals surface area contributed by atoms with Crippen LogP contribution in [0.15, 0.2) is 36.4 Å². The second kappa shape index (κ2) is 17.6. The molecule has 0 aromatic heterocycles. The average molecular weight is 445 g/mol. The van der Waals surface area contributed by atoms with E-state index in [1.54, 1.807) is 6.08 Å². The van der Waals surface area contributed by atoms with E-state index in [2.05, 4.69) is 17.6 Å². The first-order valence-corrected chi connectivity index (χ1v) is 12.5. The monoisotopic (exact) mass is 444 g/mol. The van der Waals surface area contributed by atoms with Gasteiger partial charge in [-0.2, -0.15) is 0 Å². The lowest BCUT2D eigenvalue weighted by Gasteiger charge is -2.32. The van der Waals surface area contributed by atoms with Crippen molar-refractivity contribution in [3.63, 3.8) is 0 Å². The standard InChI is InChI=1S/C27H44N2O3/c1-3-4-5-6-7-8-9-10-11-12-13-17-22-28-27(23-30,24(2)31)29-26(32)21-20-25-18-15-14-16-19-25/h14-16,18-21,23-24,28,31H,3-13,17,22H2,1-2H3,(H,29,32)/b21-20+/t24-,27-/m1/s1. The molecule has 0 heterocycles. The number of aldehydes is 1. The molecular formula is C27H44N2O3. The predicted octanol–water partition coefficient (Wildman–Crippen LogP) is 5.38. The highest BCUT2D eigenvalue weighted by atomic mass is 16.3. The summed E-state index contributed by atoms with van der Waals surface area (Å²) >= 11 is 0. The van der Waals surface area contributed by atoms with E-state index in [1.165, 1.54) is 77.2 Å². The van der Waals surface area contributed by atoms with Crippen molar-refractivity contribution < 1.29 is 14.7 Å². The second-order valence-electron chi connectivity index (χ2n) is 8.71. The van der Waals surface area contributed by atoms with Gasteiger partial charge in [-0.1, -0.05) is 108 Å². The van der Waals surface area contributed by atoms with Crippen LogP contribution in [-0.2, 0) is 9.59 Å². The van der Waals surface area contributed by atoms with Gasteiger partial charge < -0.3 is 10.4 Å². The average Bonchev–Trinajstić information content (AvgIpc) is 2.80. The first-order valence-electron chi connectivity index (χ1n) is 12.5. The highest BCUT2D eigenvalue weighted by Gasteiger charge is 2.35. The molecule has 1 aromatic carbocycles. The third kappa shape index (κ3) is 12.2. The van der Waals surface area contributed by atoms with Crippen molar-refractivity contribution in [2.75, 3.05) is 6.54 Å². The molecule has 0 bridgehead atoms. The number of amides is 1. The van der Waals surface area contributed by atoms with E-state index >= 15 is 0 Å². The third-order valence-corrected chi connectivity index (χ3v) is 5.85. The molecule has 2 atom stereocenters. The number of hydrogen-bond donors (Lipinski definition) is 3. The van der Waals surface area contributed by atoms with E-state index in [-0.39, 0.29) is 0 Å². The van der Waals surface area contributed by atoms with Gasteiger partial charge in [0, 0.05) is 6.08 Å². The van der Waals surface area contributed by atoms with Crippen LogP contribution in [0.5, 0.6) is 0 Å². The summed E-state index contributed by atoms with van der Waals surface area (Å²) in [6.07, 6.45) is 17.7. The summed E-state index contributed by atoms with van der Waals surface area (Å²) in [6.45, 7) is 4.31. The molecule has 0 radical (unpaired) electrons. The number of hydrogen-bond acceptors (Lipinski definition) is 4. The molecule has 0 saturated heterocycles. The zero-order valence-electron chi connectivity index (χ0n) is 20.2. The van der Waals surface area contributed by atoms with Crippen LogP contribution in [0.2, 0.25) is 0 Å². The Bertz CT molecular complexity index is 646. The first-order chi connectivity index (χ1) is 15.5. The normalized spacial score (nSPS) is 14.2. The van der Waals surface area contributed by atoms with Gasteiger partial charge >= 0.3 is 0 Å². The van der Waals surface area contributed by atoms with Crippen molar-refractivity contribution in [2.45, 2.75) is 103 Å². The van der Waals surface area contributed by atoms with Crippen LogP contribution >= 0.6 is 0 Å². The number of rotatable bonds is 19. The van der Waals surface area contributed by atoms with Crippen molar-refractivity contribution in [3.05, 3.63) is 42.0 Å². The molecule has 0 spiro atoms. The summed E-state index contributed by atoms with van der Waals surface area (Å²) in [5, 5.41) is 15.9. The number of aliphatic hydroxyl groups is 1. The maximum Gasteiger partial charge on any atom is 0.245 e. The number of aliphatic hydroxyl groups excluding tert-OH is 1. The quantitative estimate of drug-likeness (QED) is 0.116. The molecule has 5 heteroatoms. The molecule has 0 aliphatic rings. The highest BCUT2D eigenvalue weighted by Crippen LogP contribution is 2.12. The summed E-state index contributed by atoms with van der Waals surface area (Å²) in [5.41, 5.74) is -0.587. The van der Waals surface area contributed by atoms with Crippen LogP contribution < -0.4 is 10.6 Å². The molecule has 180 valence electrons. The van der Waals surface area contributed by atoms with Crippen LogP contribution in [0.4, 0.5) is 0 Å². The maximum atomic E-state index is 12.3. The van der Waals surface area contributed by atoms with Gasteiger partial charge in [-0.25, -0.2) is 0 Å². The largest absolute Gasteiger partial charge is 0.389 e. The molecule has 5 nitrogen and oxygen atoms in total. The first kappa shape index (κ1) is 28.1. The minimum atomic E-state index is -1.48. The summed E-state index contributed by atoms with van der Waals surface area (Å²) in [5.74, 6) is -0.427. The lowest BCUT2D eigenvalue weighted by Crippen LogP contribution is -2.66. The minimum absolute atomic E-state index is 0.427. The van der Waals surface area contributed by atoms with Gasteiger partial charge in [0.25, 0.3) is 0 Å². The molecule has 0 aliphatic carbocycles. The van der Waals surface area contributed by atoms with Crippen molar-refractivity contribution >= 4 is 18.3 Å². The molecule has 3 N–H and O–H groups in total. The molecular weight excluding hydrogens is 400 g/mol. The third-order valence-electron chi connectivity index (χ3n) is 5.85. The van der Waals surface area contributed by atoms with Crippen LogP contribution in [0.3, 0.4) is 0 Å². The Balaban J connectivity index is 2.25. The van der Waals surface area contributed by atoms with Crippen molar-refractivity contribution in [1.82, 2.24) is 10.6 Å². The summed E-state index contributed by atoms with van der Waals surface area (Å²) in [6, 6.07) is 9.45. The molecule has 1 amide bonds. The Labute approximate surface area is 195 Å². The fourth-order valence-electron chi connectivity index (χ4n) is 3.71. The van der Waals surface area contributed by atoms with Gasteiger partial charge in [0.05, 0.1) is 6.10 Å². The molecule has 1 rings (SSSR count). The Morgan fingerprint density at radius 2 is 1.47 bits per heavy atom. The molecule has 1 aromatic rings. The van der Waals surface area contributed by atoms with Gasteiger partial charge in [-0.05, 0) is 31.5 Å². The number of nitrogens with one attached hydrogen (secondary N) is 2. The summed E-state index contributed by atoms with van der Waals surface area (Å²) < 4.78 is 0. The van der Waals surface area contributed by atoms with Crippen LogP contribution in [0.25, 0.3) is 6.08 Å². The van der Waals surface area contributed by atoms with E-state index in [0.717, 1.165) is 18.4 Å². The van der Waals surface area contributed by atoms with E-state index in [9.17, 15) is 14.7 Å². The molecule has 0 fully saturated rings. The van der Waals surface area contributed by atoms with E-state index in [0.29, 0.717) is 12.8 Å². The Morgan fingerprint density at radius 1 is 0.938 bits per heavy atom. The molecule has 0 unspecified atom stereocenters. The number of carbonyl (C=O) groups is 2. The highest BCUT2D eigenvalue weighted by molar-refractivity contribution is 5.94. The van der Waals surface area contributed by atoms with Gasteiger partial charge in [0.1, 0.15) is 0 Å². The zero-order valence-corrected chi connectivity index (χ0v) is 20.2. The van der Waals surface area contributed by atoms with E-state index in [1.807, 2.05) is 30.3 Å². The lowest BCUT2D eigenvalue weighted by atomic mass is 10.0. The topological polar surface area (TPSA) is 78.4 Å². The fraction of sp³-hybridized carbons (Fsp3) is 0.630. The Hall–Kier alpha value is -1.98. The van der Waals surface area contributed by atoms with Gasteiger partial charge in [-0.3, -0.25) is 14.9 Å². The number of carbonyl (C=O) groups excluding carboxylic acids is 2. The fourth-order valence-corrected chi connectivity index (χ4v) is 3.71. The predicted molar refractivity (Wildman–Crippen MR) is 133 cm³/mol. The summed E-state index contributed by atoms with van der Waals surface area (Å²) in [4.78, 5) is 24.1. The van der Waals surface area contributed by atoms with E-state index in [4.69, 9.17) is 0 Å². The Kier molecular flexibility index (Phi) is 15.4. The number of unbranched alkanes of at least 4 members (excludes halogenated alkanes) is 11. The van der Waals surface area contributed by atoms with E-state index < -0.39 is 17.7 Å². The van der Waals surface area contributed by atoms with Gasteiger partial charge in [0.15, 0.2) is 11.9 Å². The maximum absolute atomic E-state index is 12.3. The second-order valence-corrected chi connectivity index (χ2v) is 8.71. The van der Waals surface area contributed by atoms with Crippen molar-refractivity contribution in [3.8, 4) is 0 Å². The van der Waals surface area contributed by atoms with Crippen LogP contribution in [0, 0.1) is 0 Å². The smallest absolute Gasteiger partial charge is 0.245 e. The van der Waals surface area contributed by atoms with Crippen LogP contribution in [-0.4, -0.2) is 35.6 Å². The molecule has 32 heavy (non-hydrogen) atoms. The van der Waals surface area contributed by atoms with Gasteiger partial charge in [-0.15, -0.1) is 0 Å². The van der Waals surface area contributed by atoms with Crippen molar-refractivity contribution in [2.24, 2.45) is 0 Å². The Morgan fingerprint density at radius 3 is 1.97 bits per heavy atom. The number of benzene rings is 1. The van der Waals surface area contributed by atoms with Crippen LogP contribution in [0.1, 0.15) is 96.5 Å². The SMILES string of the molecule is CCCCCCCCCCCCCCN[C@](C=O)(NC(=O)/C=C/c1ccccc1)[C@@H](C)O. The molecule has 0 saturated carbocycles. The molecule has 0 aliphatic heterocycles. The van der Waals surface area contributed by atoms with Crippen molar-refractivity contribution in [1.29, 1.82) is 0 Å². The summed E-state index contributed by atoms with van der Waals surface area (Å²) in [7, 11) is 0. The lowest BCUT2D eigenvalue weighted by molar-refractivity contribution is -0.128. The minimum Gasteiger partial charge on any atom is -0.389 e. The zero-order chi connectivity index (χ0) is 23.5. The van der Waals surface area contributed by atoms with Gasteiger partial charge in [0.2, 0.25) is 5.91 Å².